The van der Waals surface area contributed by atoms with Crippen LogP contribution in [0.3, 0.4) is 0 Å². The summed E-state index contributed by atoms with van der Waals surface area (Å²) >= 11 is 7.43. The molecule has 3 rings (SSSR count). The molecule has 1 nitrogen and oxygen atoms in total. The number of thiophene rings is 1. The summed E-state index contributed by atoms with van der Waals surface area (Å²) in [5.74, 6) is -0.204. The molecule has 0 atom stereocenters. The van der Waals surface area contributed by atoms with Crippen LogP contribution in [0, 0.1) is 5.82 Å². The quantitative estimate of drug-likeness (QED) is 0.872. The van der Waals surface area contributed by atoms with Gasteiger partial charge in [-0.2, -0.15) is 0 Å². The van der Waals surface area contributed by atoms with E-state index >= 15 is 0 Å². The Hall–Kier alpha value is -0.900. The van der Waals surface area contributed by atoms with Gasteiger partial charge in [-0.3, -0.25) is 0 Å². The molecule has 1 aliphatic rings. The zero-order valence-corrected chi connectivity index (χ0v) is 11.3. The van der Waals surface area contributed by atoms with Gasteiger partial charge in [0, 0.05) is 17.5 Å². The van der Waals surface area contributed by atoms with Crippen LogP contribution in [0.15, 0.2) is 30.3 Å². The Morgan fingerprint density at radius 1 is 1.28 bits per heavy atom. The molecule has 1 aromatic carbocycles. The average molecular weight is 282 g/mol. The molecule has 0 radical (unpaired) electrons. The number of halogens is 2. The van der Waals surface area contributed by atoms with Gasteiger partial charge in [0.2, 0.25) is 0 Å². The van der Waals surface area contributed by atoms with Crippen molar-refractivity contribution in [2.75, 3.05) is 0 Å². The fourth-order valence-electron chi connectivity index (χ4n) is 1.93. The molecule has 2 aromatic rings. The second-order valence-corrected chi connectivity index (χ2v) is 6.28. The van der Waals surface area contributed by atoms with E-state index in [1.165, 1.54) is 30.2 Å². The van der Waals surface area contributed by atoms with Gasteiger partial charge in [-0.1, -0.05) is 17.7 Å². The Morgan fingerprint density at radius 2 is 2.11 bits per heavy atom. The summed E-state index contributed by atoms with van der Waals surface area (Å²) in [5, 5.41) is 3.46. The molecular formula is C14H13ClFNS. The molecule has 1 N–H and O–H groups in total. The molecule has 1 aromatic heterocycles. The van der Waals surface area contributed by atoms with Gasteiger partial charge < -0.3 is 5.32 Å². The molecule has 4 heteroatoms. The van der Waals surface area contributed by atoms with Crippen LogP contribution < -0.4 is 5.32 Å². The van der Waals surface area contributed by atoms with Gasteiger partial charge in [-0.15, -0.1) is 11.3 Å². The second kappa shape index (κ2) is 5.00. The highest BCUT2D eigenvalue weighted by molar-refractivity contribution is 7.19. The zero-order valence-electron chi connectivity index (χ0n) is 9.75. The lowest BCUT2D eigenvalue weighted by Crippen LogP contribution is -2.15. The second-order valence-electron chi connectivity index (χ2n) is 4.56. The monoisotopic (exact) mass is 281 g/mol. The summed E-state index contributed by atoms with van der Waals surface area (Å²) in [6, 6.07) is 9.41. The maximum absolute atomic E-state index is 13.4. The Labute approximate surface area is 115 Å². The van der Waals surface area contributed by atoms with E-state index in [0.29, 0.717) is 6.04 Å². The van der Waals surface area contributed by atoms with E-state index in [2.05, 4.69) is 5.32 Å². The highest BCUT2D eigenvalue weighted by Gasteiger charge is 2.20. The smallest absolute Gasteiger partial charge is 0.123 e. The van der Waals surface area contributed by atoms with Crippen LogP contribution in [-0.2, 0) is 6.54 Å². The van der Waals surface area contributed by atoms with Crippen LogP contribution in [0.5, 0.6) is 0 Å². The Balaban J connectivity index is 1.91. The average Bonchev–Trinajstić information content (AvgIpc) is 3.09. The molecule has 0 unspecified atom stereocenters. The molecule has 0 amide bonds. The minimum atomic E-state index is -0.204. The molecule has 0 spiro atoms. The molecule has 18 heavy (non-hydrogen) atoms. The lowest BCUT2D eigenvalue weighted by Gasteiger charge is -2.09. The molecule has 1 heterocycles. The number of benzene rings is 1. The first-order valence-electron chi connectivity index (χ1n) is 6.00. The predicted octanol–water partition coefficient (Wildman–Crippen LogP) is 4.46. The molecule has 1 fully saturated rings. The summed E-state index contributed by atoms with van der Waals surface area (Å²) in [4.78, 5) is 1.02. The maximum atomic E-state index is 13.4. The zero-order chi connectivity index (χ0) is 12.5. The van der Waals surface area contributed by atoms with Crippen molar-refractivity contribution in [3.05, 3.63) is 46.0 Å². The van der Waals surface area contributed by atoms with Gasteiger partial charge in [-0.05, 0) is 48.2 Å². The number of hydrogen-bond donors (Lipinski definition) is 1. The first-order chi connectivity index (χ1) is 8.72. The minimum Gasteiger partial charge on any atom is -0.310 e. The van der Waals surface area contributed by atoms with Gasteiger partial charge in [0.25, 0.3) is 0 Å². The summed E-state index contributed by atoms with van der Waals surface area (Å²) in [5.41, 5.74) is 2.07. The largest absolute Gasteiger partial charge is 0.310 e. The van der Waals surface area contributed by atoms with Crippen molar-refractivity contribution in [2.45, 2.75) is 25.4 Å². The van der Waals surface area contributed by atoms with E-state index in [-0.39, 0.29) is 5.82 Å². The van der Waals surface area contributed by atoms with Gasteiger partial charge in [0.15, 0.2) is 0 Å². The molecule has 1 aliphatic carbocycles. The van der Waals surface area contributed by atoms with Crippen LogP contribution >= 0.6 is 22.9 Å². The number of nitrogens with one attached hydrogen (secondary N) is 1. The van der Waals surface area contributed by atoms with Crippen molar-refractivity contribution >= 4 is 22.9 Å². The number of rotatable bonds is 4. The van der Waals surface area contributed by atoms with E-state index in [1.54, 1.807) is 6.07 Å². The molecule has 0 aliphatic heterocycles. The van der Waals surface area contributed by atoms with E-state index in [9.17, 15) is 4.39 Å². The van der Waals surface area contributed by atoms with E-state index in [4.69, 9.17) is 11.6 Å². The predicted molar refractivity (Wildman–Crippen MR) is 74.6 cm³/mol. The SMILES string of the molecule is Fc1ccc(CNC2CC2)c(-c2ccc(Cl)s2)c1. The third kappa shape index (κ3) is 2.74. The highest BCUT2D eigenvalue weighted by atomic mass is 35.5. The molecule has 94 valence electrons. The molecule has 1 saturated carbocycles. The van der Waals surface area contributed by atoms with Crippen LogP contribution in [0.1, 0.15) is 18.4 Å². The summed E-state index contributed by atoms with van der Waals surface area (Å²) in [6.45, 7) is 0.787. The summed E-state index contributed by atoms with van der Waals surface area (Å²) in [7, 11) is 0. The van der Waals surface area contributed by atoms with E-state index in [1.807, 2.05) is 18.2 Å². The highest BCUT2D eigenvalue weighted by Crippen LogP contribution is 2.34. The minimum absolute atomic E-state index is 0.204. The summed E-state index contributed by atoms with van der Waals surface area (Å²) in [6.07, 6.45) is 2.50. The van der Waals surface area contributed by atoms with Crippen molar-refractivity contribution in [3.63, 3.8) is 0 Å². The first-order valence-corrected chi connectivity index (χ1v) is 7.19. The Kier molecular flexibility index (Phi) is 3.37. The topological polar surface area (TPSA) is 12.0 Å². The van der Waals surface area contributed by atoms with Crippen molar-refractivity contribution in [3.8, 4) is 10.4 Å². The van der Waals surface area contributed by atoms with Gasteiger partial charge in [-0.25, -0.2) is 4.39 Å². The van der Waals surface area contributed by atoms with Crippen molar-refractivity contribution in [2.24, 2.45) is 0 Å². The van der Waals surface area contributed by atoms with Crippen LogP contribution in [0.2, 0.25) is 4.34 Å². The number of hydrogen-bond acceptors (Lipinski definition) is 2. The van der Waals surface area contributed by atoms with Crippen molar-refractivity contribution in [1.82, 2.24) is 5.32 Å². The molecule has 0 bridgehead atoms. The standard InChI is InChI=1S/C14H13ClFNS/c15-14-6-5-13(18-14)12-7-10(16)2-1-9(12)8-17-11-3-4-11/h1-2,5-7,11,17H,3-4,8H2. The normalized spacial score (nSPS) is 15.0. The van der Waals surface area contributed by atoms with E-state index < -0.39 is 0 Å². The van der Waals surface area contributed by atoms with Gasteiger partial charge >= 0.3 is 0 Å². The Bertz CT molecular complexity index is 563. The van der Waals surface area contributed by atoms with Crippen LogP contribution in [0.25, 0.3) is 10.4 Å². The fourth-order valence-corrected chi connectivity index (χ4v) is 3.03. The fraction of sp³-hybridized carbons (Fsp3) is 0.286. The molecular weight excluding hydrogens is 269 g/mol. The van der Waals surface area contributed by atoms with Crippen LogP contribution in [0.4, 0.5) is 4.39 Å². The van der Waals surface area contributed by atoms with Crippen LogP contribution in [-0.4, -0.2) is 6.04 Å². The van der Waals surface area contributed by atoms with Crippen molar-refractivity contribution < 1.29 is 4.39 Å². The lowest BCUT2D eigenvalue weighted by atomic mass is 10.1. The van der Waals surface area contributed by atoms with E-state index in [0.717, 1.165) is 26.9 Å². The third-order valence-corrected chi connectivity index (χ3v) is 4.33. The maximum Gasteiger partial charge on any atom is 0.123 e. The lowest BCUT2D eigenvalue weighted by molar-refractivity contribution is 0.625. The third-order valence-electron chi connectivity index (χ3n) is 3.07. The van der Waals surface area contributed by atoms with Gasteiger partial charge in [0.1, 0.15) is 5.82 Å². The molecule has 0 saturated heterocycles. The van der Waals surface area contributed by atoms with Gasteiger partial charge in [0.05, 0.1) is 4.34 Å². The first kappa shape index (κ1) is 12.2. The Morgan fingerprint density at radius 3 is 2.78 bits per heavy atom. The van der Waals surface area contributed by atoms with Crippen molar-refractivity contribution in [1.29, 1.82) is 0 Å². The summed E-state index contributed by atoms with van der Waals surface area (Å²) < 4.78 is 14.1.